The van der Waals surface area contributed by atoms with E-state index in [9.17, 15) is 17.6 Å². The number of nitrogens with one attached hydrogen (secondary N) is 2. The first-order valence-electron chi connectivity index (χ1n) is 6.91. The third-order valence-electron chi connectivity index (χ3n) is 3.27. The average Bonchev–Trinajstić information content (AvgIpc) is 2.47. The predicted molar refractivity (Wildman–Crippen MR) is 86.1 cm³/mol. The summed E-state index contributed by atoms with van der Waals surface area (Å²) < 4.78 is 39.6. The maximum absolute atomic E-state index is 13.1. The van der Waals surface area contributed by atoms with Gasteiger partial charge in [0, 0.05) is 5.69 Å². The quantitative estimate of drug-likeness (QED) is 0.880. The van der Waals surface area contributed by atoms with Crippen LogP contribution < -0.4 is 10.0 Å². The highest BCUT2D eigenvalue weighted by molar-refractivity contribution is 7.89. The van der Waals surface area contributed by atoms with Gasteiger partial charge in [0.1, 0.15) is 5.82 Å². The molecule has 0 aliphatic carbocycles. The zero-order valence-electron chi connectivity index (χ0n) is 12.8. The second-order valence-corrected chi connectivity index (χ2v) is 6.83. The molecule has 0 fully saturated rings. The summed E-state index contributed by atoms with van der Waals surface area (Å²) in [6, 6.07) is 10.5. The minimum atomic E-state index is -3.88. The monoisotopic (exact) mass is 336 g/mol. The first-order valence-corrected chi connectivity index (χ1v) is 8.39. The molecule has 2 N–H and O–H groups in total. The fourth-order valence-corrected chi connectivity index (χ4v) is 3.27. The van der Waals surface area contributed by atoms with Crippen LogP contribution >= 0.6 is 0 Å². The minimum absolute atomic E-state index is 0.0532. The smallest absolute Gasteiger partial charge is 0.241 e. The van der Waals surface area contributed by atoms with E-state index in [2.05, 4.69) is 10.0 Å². The zero-order valence-corrected chi connectivity index (χ0v) is 13.6. The van der Waals surface area contributed by atoms with Crippen molar-refractivity contribution in [2.75, 3.05) is 11.9 Å². The number of amides is 1. The number of anilines is 1. The number of benzene rings is 2. The molecule has 0 saturated carbocycles. The summed E-state index contributed by atoms with van der Waals surface area (Å²) in [6.45, 7) is 2.92. The van der Waals surface area contributed by atoms with E-state index in [4.69, 9.17) is 0 Å². The molecule has 2 rings (SSSR count). The van der Waals surface area contributed by atoms with E-state index < -0.39 is 28.3 Å². The van der Waals surface area contributed by atoms with E-state index in [1.807, 2.05) is 19.1 Å². The number of carbonyl (C=O) groups excluding carboxylic acids is 1. The Morgan fingerprint density at radius 1 is 1.09 bits per heavy atom. The van der Waals surface area contributed by atoms with Crippen molar-refractivity contribution in [3.05, 3.63) is 59.4 Å². The van der Waals surface area contributed by atoms with Crippen LogP contribution in [0.2, 0.25) is 0 Å². The number of para-hydroxylation sites is 1. The van der Waals surface area contributed by atoms with Crippen molar-refractivity contribution >= 4 is 21.6 Å². The maximum atomic E-state index is 13.1. The summed E-state index contributed by atoms with van der Waals surface area (Å²) >= 11 is 0. The summed E-state index contributed by atoms with van der Waals surface area (Å²) in [7, 11) is -3.88. The van der Waals surface area contributed by atoms with E-state index in [0.29, 0.717) is 5.69 Å². The average molecular weight is 336 g/mol. The molecule has 7 heteroatoms. The largest absolute Gasteiger partial charge is 0.325 e. The molecule has 2 aromatic rings. The molecular formula is C16H17FN2O3S. The van der Waals surface area contributed by atoms with E-state index in [1.54, 1.807) is 12.1 Å². The maximum Gasteiger partial charge on any atom is 0.241 e. The number of halogens is 1. The van der Waals surface area contributed by atoms with Crippen molar-refractivity contribution in [2.24, 2.45) is 0 Å². The fourth-order valence-electron chi connectivity index (χ4n) is 2.06. The van der Waals surface area contributed by atoms with E-state index in [1.165, 1.54) is 13.0 Å². The zero-order chi connectivity index (χ0) is 17.0. The lowest BCUT2D eigenvalue weighted by Gasteiger charge is -2.11. The van der Waals surface area contributed by atoms with Crippen LogP contribution in [0.3, 0.4) is 0 Å². The van der Waals surface area contributed by atoms with Gasteiger partial charge in [0.05, 0.1) is 11.4 Å². The normalized spacial score (nSPS) is 11.3. The molecule has 0 heterocycles. The third-order valence-corrected chi connectivity index (χ3v) is 4.83. The van der Waals surface area contributed by atoms with Gasteiger partial charge < -0.3 is 5.32 Å². The molecule has 0 saturated heterocycles. The molecule has 0 radical (unpaired) electrons. The van der Waals surface area contributed by atoms with Gasteiger partial charge in [0.15, 0.2) is 0 Å². The summed E-state index contributed by atoms with van der Waals surface area (Å²) in [5.74, 6) is -0.999. The van der Waals surface area contributed by atoms with Crippen molar-refractivity contribution < 1.29 is 17.6 Å². The second-order valence-electron chi connectivity index (χ2n) is 5.10. The van der Waals surface area contributed by atoms with Gasteiger partial charge in [-0.2, -0.15) is 0 Å². The number of rotatable bonds is 5. The number of sulfonamides is 1. The van der Waals surface area contributed by atoms with Crippen LogP contribution in [0.15, 0.2) is 47.4 Å². The second kappa shape index (κ2) is 6.89. The standard InChI is InChI=1S/C16H17FN2O3S/c1-11-5-3-4-6-14(11)19-16(20)10-18-23(21,22)15-8-7-13(17)9-12(15)2/h3-9,18H,10H2,1-2H3,(H,19,20). The Hall–Kier alpha value is -2.25. The lowest BCUT2D eigenvalue weighted by Crippen LogP contribution is -2.33. The summed E-state index contributed by atoms with van der Waals surface area (Å²) in [6.07, 6.45) is 0. The van der Waals surface area contributed by atoms with Crippen LogP contribution in [0, 0.1) is 19.7 Å². The van der Waals surface area contributed by atoms with Gasteiger partial charge in [0.2, 0.25) is 15.9 Å². The highest BCUT2D eigenvalue weighted by Crippen LogP contribution is 2.16. The Morgan fingerprint density at radius 2 is 1.78 bits per heavy atom. The van der Waals surface area contributed by atoms with Gasteiger partial charge >= 0.3 is 0 Å². The number of hydrogen-bond donors (Lipinski definition) is 2. The van der Waals surface area contributed by atoms with Crippen LogP contribution in [0.4, 0.5) is 10.1 Å². The van der Waals surface area contributed by atoms with Gasteiger partial charge in [-0.25, -0.2) is 17.5 Å². The van der Waals surface area contributed by atoms with Crippen molar-refractivity contribution in [3.8, 4) is 0 Å². The van der Waals surface area contributed by atoms with Gasteiger partial charge in [-0.1, -0.05) is 18.2 Å². The number of carbonyl (C=O) groups is 1. The van der Waals surface area contributed by atoms with Gasteiger partial charge in [-0.15, -0.1) is 0 Å². The molecule has 2 aromatic carbocycles. The topological polar surface area (TPSA) is 75.3 Å². The van der Waals surface area contributed by atoms with Gasteiger partial charge in [-0.05, 0) is 49.2 Å². The molecule has 0 bridgehead atoms. The van der Waals surface area contributed by atoms with E-state index >= 15 is 0 Å². The Morgan fingerprint density at radius 3 is 2.43 bits per heavy atom. The van der Waals surface area contributed by atoms with Crippen LogP contribution in [-0.4, -0.2) is 20.9 Å². The first-order chi connectivity index (χ1) is 10.8. The molecule has 1 amide bonds. The van der Waals surface area contributed by atoms with Crippen LogP contribution in [0.1, 0.15) is 11.1 Å². The molecular weight excluding hydrogens is 319 g/mol. The van der Waals surface area contributed by atoms with Crippen LogP contribution in [0.5, 0.6) is 0 Å². The Labute approximate surface area is 134 Å². The van der Waals surface area contributed by atoms with Crippen molar-refractivity contribution in [1.29, 1.82) is 0 Å². The predicted octanol–water partition coefficient (Wildman–Crippen LogP) is 2.36. The first kappa shape index (κ1) is 17.1. The fraction of sp³-hybridized carbons (Fsp3) is 0.188. The van der Waals surface area contributed by atoms with Gasteiger partial charge in [0.25, 0.3) is 0 Å². The van der Waals surface area contributed by atoms with Crippen LogP contribution in [-0.2, 0) is 14.8 Å². The lowest BCUT2D eigenvalue weighted by atomic mass is 10.2. The molecule has 0 spiro atoms. The van der Waals surface area contributed by atoms with Crippen molar-refractivity contribution in [1.82, 2.24) is 4.72 Å². The summed E-state index contributed by atoms with van der Waals surface area (Å²) in [4.78, 5) is 11.8. The Bertz CT molecular complexity index is 835. The molecule has 0 aliphatic rings. The molecule has 5 nitrogen and oxygen atoms in total. The highest BCUT2D eigenvalue weighted by atomic mass is 32.2. The number of hydrogen-bond acceptors (Lipinski definition) is 3. The molecule has 0 unspecified atom stereocenters. The molecule has 0 atom stereocenters. The lowest BCUT2D eigenvalue weighted by molar-refractivity contribution is -0.115. The number of aryl methyl sites for hydroxylation is 2. The summed E-state index contributed by atoms with van der Waals surface area (Å²) in [5.41, 5.74) is 1.77. The highest BCUT2D eigenvalue weighted by Gasteiger charge is 2.18. The minimum Gasteiger partial charge on any atom is -0.325 e. The van der Waals surface area contributed by atoms with Crippen molar-refractivity contribution in [3.63, 3.8) is 0 Å². The molecule has 23 heavy (non-hydrogen) atoms. The van der Waals surface area contributed by atoms with E-state index in [0.717, 1.165) is 17.7 Å². The molecule has 122 valence electrons. The Kier molecular flexibility index (Phi) is 5.12. The Balaban J connectivity index is 2.04. The SMILES string of the molecule is Cc1ccccc1NC(=O)CNS(=O)(=O)c1ccc(F)cc1C. The molecule has 0 aromatic heterocycles. The molecule has 0 aliphatic heterocycles. The van der Waals surface area contributed by atoms with Crippen molar-refractivity contribution in [2.45, 2.75) is 18.7 Å². The van der Waals surface area contributed by atoms with Gasteiger partial charge in [-0.3, -0.25) is 4.79 Å². The third kappa shape index (κ3) is 4.37. The van der Waals surface area contributed by atoms with E-state index in [-0.39, 0.29) is 10.5 Å². The summed E-state index contributed by atoms with van der Waals surface area (Å²) in [5, 5.41) is 2.63. The van der Waals surface area contributed by atoms with Crippen LogP contribution in [0.25, 0.3) is 0 Å².